The van der Waals surface area contributed by atoms with Gasteiger partial charge in [-0.2, -0.15) is 0 Å². The van der Waals surface area contributed by atoms with Crippen LogP contribution in [0.25, 0.3) is 0 Å². The Morgan fingerprint density at radius 2 is 2.07 bits per heavy atom. The summed E-state index contributed by atoms with van der Waals surface area (Å²) in [5.74, 6) is 0. The van der Waals surface area contributed by atoms with E-state index in [1.165, 1.54) is 18.0 Å². The van der Waals surface area contributed by atoms with Crippen molar-refractivity contribution in [1.29, 1.82) is 0 Å². The number of thioether (sulfide) groups is 1. The summed E-state index contributed by atoms with van der Waals surface area (Å²) in [4.78, 5) is 1.19. The minimum absolute atomic E-state index is 0.399. The second kappa shape index (κ2) is 5.01. The first-order valence-electron chi connectivity index (χ1n) is 4.56. The highest BCUT2D eigenvalue weighted by Crippen LogP contribution is 2.25. The predicted octanol–water partition coefficient (Wildman–Crippen LogP) is 1.31. The molecule has 0 amide bonds. The topological polar surface area (TPSA) is 60.2 Å². The van der Waals surface area contributed by atoms with Crippen molar-refractivity contribution in [2.45, 2.75) is 16.2 Å². The van der Waals surface area contributed by atoms with Crippen LogP contribution in [0.4, 0.5) is 0 Å². The van der Waals surface area contributed by atoms with Gasteiger partial charge >= 0.3 is 0 Å². The molecule has 5 heteroatoms. The summed E-state index contributed by atoms with van der Waals surface area (Å²) in [7, 11) is -3.13. The molecule has 0 atom stereocenters. The Kier molecular flexibility index (Phi) is 4.19. The number of hydrogen-bond donors (Lipinski definition) is 1. The summed E-state index contributed by atoms with van der Waals surface area (Å²) in [6.45, 7) is 0.575. The lowest BCUT2D eigenvalue weighted by molar-refractivity contribution is 0.600. The Balaban J connectivity index is 3.21. The minimum Gasteiger partial charge on any atom is -0.330 e. The molecule has 0 fully saturated rings. The van der Waals surface area contributed by atoms with E-state index >= 15 is 0 Å². The summed E-state index contributed by atoms with van der Waals surface area (Å²) in [5, 5.41) is 0. The van der Waals surface area contributed by atoms with E-state index in [-0.39, 0.29) is 0 Å². The van der Waals surface area contributed by atoms with E-state index in [0.29, 0.717) is 11.4 Å². The van der Waals surface area contributed by atoms with E-state index in [1.807, 2.05) is 18.4 Å². The van der Waals surface area contributed by atoms with Crippen LogP contribution in [0.5, 0.6) is 0 Å². The SMILES string of the molecule is CSc1cc(CCN)ccc1S(C)(=O)=O. The molecule has 1 aromatic carbocycles. The number of nitrogens with two attached hydrogens (primary N) is 1. The maximum Gasteiger partial charge on any atom is 0.176 e. The summed E-state index contributed by atoms with van der Waals surface area (Å²) in [6, 6.07) is 5.38. The van der Waals surface area contributed by atoms with E-state index < -0.39 is 9.84 Å². The molecule has 2 N–H and O–H groups in total. The molecule has 0 aliphatic rings. The van der Waals surface area contributed by atoms with Gasteiger partial charge in [-0.1, -0.05) is 6.07 Å². The fourth-order valence-corrected chi connectivity index (χ4v) is 3.32. The van der Waals surface area contributed by atoms with Crippen LogP contribution in [0.15, 0.2) is 28.0 Å². The fourth-order valence-electron chi connectivity index (χ4n) is 1.34. The van der Waals surface area contributed by atoms with E-state index in [0.717, 1.165) is 16.9 Å². The number of sulfone groups is 1. The zero-order valence-corrected chi connectivity index (χ0v) is 10.5. The maximum atomic E-state index is 11.4. The van der Waals surface area contributed by atoms with Crippen molar-refractivity contribution >= 4 is 21.6 Å². The Hall–Kier alpha value is -0.520. The molecule has 0 unspecified atom stereocenters. The molecule has 1 rings (SSSR count). The average molecular weight is 245 g/mol. The van der Waals surface area contributed by atoms with Crippen molar-refractivity contribution in [3.05, 3.63) is 23.8 Å². The average Bonchev–Trinajstić information content (AvgIpc) is 2.16. The molecule has 84 valence electrons. The molecule has 0 saturated heterocycles. The minimum atomic E-state index is -3.13. The van der Waals surface area contributed by atoms with Crippen molar-refractivity contribution in [1.82, 2.24) is 0 Å². The smallest absolute Gasteiger partial charge is 0.176 e. The van der Waals surface area contributed by atoms with Crippen molar-refractivity contribution in [2.75, 3.05) is 19.1 Å². The van der Waals surface area contributed by atoms with Gasteiger partial charge in [-0.3, -0.25) is 0 Å². The molecule has 0 radical (unpaired) electrons. The summed E-state index contributed by atoms with van der Waals surface area (Å²) in [5.41, 5.74) is 6.53. The largest absolute Gasteiger partial charge is 0.330 e. The van der Waals surface area contributed by atoms with Crippen LogP contribution < -0.4 is 5.73 Å². The zero-order chi connectivity index (χ0) is 11.5. The first-order chi connectivity index (χ1) is 6.99. The molecular formula is C10H15NO2S2. The Bertz CT molecular complexity index is 441. The lowest BCUT2D eigenvalue weighted by Gasteiger charge is -2.07. The van der Waals surface area contributed by atoms with Gasteiger partial charge in [0.25, 0.3) is 0 Å². The zero-order valence-electron chi connectivity index (χ0n) is 8.86. The van der Waals surface area contributed by atoms with E-state index in [9.17, 15) is 8.42 Å². The molecule has 0 saturated carbocycles. The molecule has 0 bridgehead atoms. The quantitative estimate of drug-likeness (QED) is 0.813. The molecule has 0 aliphatic heterocycles. The van der Waals surface area contributed by atoms with Gasteiger partial charge in [-0.05, 0) is 36.9 Å². The maximum absolute atomic E-state index is 11.4. The number of rotatable bonds is 4. The second-order valence-corrected chi connectivity index (χ2v) is 6.13. The van der Waals surface area contributed by atoms with Crippen molar-refractivity contribution in [3.8, 4) is 0 Å². The molecular weight excluding hydrogens is 230 g/mol. The van der Waals surface area contributed by atoms with Gasteiger partial charge in [0, 0.05) is 11.2 Å². The highest BCUT2D eigenvalue weighted by Gasteiger charge is 2.12. The highest BCUT2D eigenvalue weighted by molar-refractivity contribution is 7.99. The van der Waals surface area contributed by atoms with Gasteiger partial charge in [0.2, 0.25) is 0 Å². The Morgan fingerprint density at radius 3 is 2.53 bits per heavy atom. The Morgan fingerprint density at radius 1 is 1.40 bits per heavy atom. The molecule has 0 heterocycles. The van der Waals surface area contributed by atoms with Gasteiger partial charge in [0.05, 0.1) is 4.90 Å². The Labute approximate surface area is 95.0 Å². The van der Waals surface area contributed by atoms with Crippen LogP contribution in [0.3, 0.4) is 0 Å². The molecule has 1 aromatic rings. The van der Waals surface area contributed by atoms with Gasteiger partial charge in [-0.15, -0.1) is 11.8 Å². The summed E-state index contributed by atoms with van der Waals surface area (Å²) in [6.07, 6.45) is 3.87. The van der Waals surface area contributed by atoms with Crippen LogP contribution >= 0.6 is 11.8 Å². The summed E-state index contributed by atoms with van der Waals surface area (Å²) < 4.78 is 22.9. The van der Waals surface area contributed by atoms with Gasteiger partial charge in [0.1, 0.15) is 0 Å². The normalized spacial score (nSPS) is 11.7. The van der Waals surface area contributed by atoms with Crippen LogP contribution in [0.1, 0.15) is 5.56 Å². The fraction of sp³-hybridized carbons (Fsp3) is 0.400. The number of hydrogen-bond acceptors (Lipinski definition) is 4. The van der Waals surface area contributed by atoms with Gasteiger partial charge < -0.3 is 5.73 Å². The number of benzene rings is 1. The lowest BCUT2D eigenvalue weighted by Crippen LogP contribution is -2.04. The predicted molar refractivity (Wildman–Crippen MR) is 64.1 cm³/mol. The van der Waals surface area contributed by atoms with Crippen molar-refractivity contribution in [3.63, 3.8) is 0 Å². The summed E-state index contributed by atoms with van der Waals surface area (Å²) >= 11 is 1.44. The first-order valence-corrected chi connectivity index (χ1v) is 7.67. The molecule has 0 spiro atoms. The third kappa shape index (κ3) is 3.22. The standard InChI is InChI=1S/C10H15NO2S2/c1-14-9-7-8(5-6-11)3-4-10(9)15(2,12)13/h3-4,7H,5-6,11H2,1-2H3. The first kappa shape index (κ1) is 12.5. The van der Waals surface area contributed by atoms with Crippen LogP contribution in [-0.2, 0) is 16.3 Å². The van der Waals surface area contributed by atoms with Crippen LogP contribution in [0, 0.1) is 0 Å². The molecule has 15 heavy (non-hydrogen) atoms. The van der Waals surface area contributed by atoms with Gasteiger partial charge in [-0.25, -0.2) is 8.42 Å². The van der Waals surface area contributed by atoms with E-state index in [4.69, 9.17) is 5.73 Å². The van der Waals surface area contributed by atoms with Crippen molar-refractivity contribution < 1.29 is 8.42 Å². The molecule has 3 nitrogen and oxygen atoms in total. The monoisotopic (exact) mass is 245 g/mol. The molecule has 0 aliphatic carbocycles. The third-order valence-electron chi connectivity index (χ3n) is 2.06. The van der Waals surface area contributed by atoms with Crippen molar-refractivity contribution in [2.24, 2.45) is 5.73 Å². The van der Waals surface area contributed by atoms with E-state index in [2.05, 4.69) is 0 Å². The lowest BCUT2D eigenvalue weighted by atomic mass is 10.1. The van der Waals surface area contributed by atoms with Crippen LogP contribution in [-0.4, -0.2) is 27.5 Å². The highest BCUT2D eigenvalue weighted by atomic mass is 32.2. The van der Waals surface area contributed by atoms with E-state index in [1.54, 1.807) is 6.07 Å². The second-order valence-electron chi connectivity index (χ2n) is 3.30. The van der Waals surface area contributed by atoms with Gasteiger partial charge in [0.15, 0.2) is 9.84 Å². The molecule has 0 aromatic heterocycles. The van der Waals surface area contributed by atoms with Crippen LogP contribution in [0.2, 0.25) is 0 Å². The third-order valence-corrected chi connectivity index (χ3v) is 4.12.